The second-order valence-corrected chi connectivity index (χ2v) is 7.41. The maximum atomic E-state index is 14.5. The van der Waals surface area contributed by atoms with Gasteiger partial charge in [-0.1, -0.05) is 49.6 Å². The normalized spacial score (nSPS) is 10.5. The molecule has 3 rings (SSSR count). The fourth-order valence-electron chi connectivity index (χ4n) is 3.09. The fourth-order valence-corrected chi connectivity index (χ4v) is 3.09. The van der Waals surface area contributed by atoms with E-state index in [9.17, 15) is 18.8 Å². The molecule has 36 heavy (non-hydrogen) atoms. The Morgan fingerprint density at radius 3 is 2.06 bits per heavy atom. The third-order valence-corrected chi connectivity index (χ3v) is 4.90. The molecule has 3 aromatic carbocycles. The first kappa shape index (κ1) is 25.8. The monoisotopic (exact) mass is 486 g/mol. The van der Waals surface area contributed by atoms with E-state index in [4.69, 9.17) is 14.2 Å². The predicted molar refractivity (Wildman–Crippen MR) is 134 cm³/mol. The van der Waals surface area contributed by atoms with E-state index >= 15 is 0 Å². The van der Waals surface area contributed by atoms with Crippen LogP contribution in [0, 0.1) is 5.82 Å². The van der Waals surface area contributed by atoms with E-state index in [1.807, 2.05) is 0 Å². The van der Waals surface area contributed by atoms with Gasteiger partial charge in [0.1, 0.15) is 17.3 Å². The Bertz CT molecular complexity index is 1290. The Labute approximate surface area is 207 Å². The molecule has 0 aliphatic carbocycles. The Morgan fingerprint density at radius 2 is 1.42 bits per heavy atom. The molecule has 0 radical (unpaired) electrons. The third kappa shape index (κ3) is 7.63. The summed E-state index contributed by atoms with van der Waals surface area (Å²) in [6.45, 7) is 6.87. The Morgan fingerprint density at radius 1 is 0.778 bits per heavy atom. The minimum atomic E-state index is -0.669. The molecular weight excluding hydrogens is 463 g/mol. The summed E-state index contributed by atoms with van der Waals surface area (Å²) in [5.41, 5.74) is 2.60. The summed E-state index contributed by atoms with van der Waals surface area (Å²) in [6, 6.07) is 17.9. The van der Waals surface area contributed by atoms with Crippen LogP contribution in [0.5, 0.6) is 11.5 Å². The van der Waals surface area contributed by atoms with Gasteiger partial charge in [0.25, 0.3) is 0 Å². The minimum Gasteiger partial charge on any atom is -0.462 e. The van der Waals surface area contributed by atoms with Crippen molar-refractivity contribution in [3.8, 4) is 22.6 Å². The smallest absolute Gasteiger partial charge is 0.336 e. The van der Waals surface area contributed by atoms with E-state index in [0.717, 1.165) is 29.3 Å². The number of hydrogen-bond acceptors (Lipinski definition) is 6. The molecule has 0 aliphatic rings. The molecule has 0 bridgehead atoms. The van der Waals surface area contributed by atoms with Gasteiger partial charge in [0, 0.05) is 36.3 Å². The van der Waals surface area contributed by atoms with Crippen molar-refractivity contribution in [2.24, 2.45) is 0 Å². The summed E-state index contributed by atoms with van der Waals surface area (Å²) < 4.78 is 29.6. The topological polar surface area (TPSA) is 78.9 Å². The number of esters is 3. The average molecular weight is 486 g/mol. The van der Waals surface area contributed by atoms with Crippen molar-refractivity contribution < 1.29 is 33.0 Å². The molecule has 0 atom stereocenters. The van der Waals surface area contributed by atoms with Crippen LogP contribution in [0.15, 0.2) is 98.1 Å². The maximum Gasteiger partial charge on any atom is 0.336 e. The number of benzene rings is 3. The van der Waals surface area contributed by atoms with Gasteiger partial charge in [-0.05, 0) is 47.0 Å². The van der Waals surface area contributed by atoms with E-state index in [2.05, 4.69) is 13.2 Å². The number of ether oxygens (including phenoxy) is 3. The Kier molecular flexibility index (Phi) is 9.06. The number of rotatable bonds is 10. The second kappa shape index (κ2) is 12.6. The highest BCUT2D eigenvalue weighted by Gasteiger charge is 2.09. The van der Waals surface area contributed by atoms with Gasteiger partial charge in [0.2, 0.25) is 0 Å². The van der Waals surface area contributed by atoms with Crippen molar-refractivity contribution in [2.45, 2.75) is 6.42 Å². The van der Waals surface area contributed by atoms with Crippen LogP contribution < -0.4 is 9.47 Å². The van der Waals surface area contributed by atoms with Gasteiger partial charge < -0.3 is 14.2 Å². The molecule has 0 fully saturated rings. The lowest BCUT2D eigenvalue weighted by molar-refractivity contribution is -0.137. The minimum absolute atomic E-state index is 0.0860. The Hall–Kier alpha value is -4.78. The zero-order valence-corrected chi connectivity index (χ0v) is 19.3. The van der Waals surface area contributed by atoms with Crippen molar-refractivity contribution in [3.63, 3.8) is 0 Å². The predicted octanol–water partition coefficient (Wildman–Crippen LogP) is 5.47. The molecule has 6 nitrogen and oxygen atoms in total. The highest BCUT2D eigenvalue weighted by molar-refractivity contribution is 5.89. The highest BCUT2D eigenvalue weighted by Crippen LogP contribution is 2.27. The number of hydrogen-bond donors (Lipinski definition) is 0. The molecule has 0 amide bonds. The molecule has 182 valence electrons. The van der Waals surface area contributed by atoms with Crippen LogP contribution >= 0.6 is 0 Å². The van der Waals surface area contributed by atoms with Crippen molar-refractivity contribution in [1.29, 1.82) is 0 Å². The van der Waals surface area contributed by atoms with E-state index in [0.29, 0.717) is 23.3 Å². The van der Waals surface area contributed by atoms with E-state index < -0.39 is 23.7 Å². The van der Waals surface area contributed by atoms with E-state index in [1.54, 1.807) is 54.6 Å². The average Bonchev–Trinajstić information content (AvgIpc) is 2.89. The van der Waals surface area contributed by atoms with Gasteiger partial charge in [-0.15, -0.1) is 0 Å². The summed E-state index contributed by atoms with van der Waals surface area (Å²) in [6.07, 6.45) is 5.51. The lowest BCUT2D eigenvalue weighted by Gasteiger charge is -2.07. The molecule has 0 saturated carbocycles. The van der Waals surface area contributed by atoms with Gasteiger partial charge >= 0.3 is 17.9 Å². The van der Waals surface area contributed by atoms with Crippen LogP contribution in [-0.2, 0) is 25.5 Å². The van der Waals surface area contributed by atoms with Gasteiger partial charge in [-0.25, -0.2) is 18.8 Å². The summed E-state index contributed by atoms with van der Waals surface area (Å²) in [5.74, 6) is -1.77. The maximum absolute atomic E-state index is 14.5. The number of carbonyl (C=O) groups is 3. The number of halogens is 1. The lowest BCUT2D eigenvalue weighted by atomic mass is 10.0. The molecule has 0 aliphatic heterocycles. The second-order valence-electron chi connectivity index (χ2n) is 7.41. The van der Waals surface area contributed by atoms with Crippen molar-refractivity contribution in [1.82, 2.24) is 0 Å². The van der Waals surface area contributed by atoms with Crippen molar-refractivity contribution >= 4 is 24.0 Å². The molecule has 7 heteroatoms. The van der Waals surface area contributed by atoms with Gasteiger partial charge in [-0.3, -0.25) is 0 Å². The lowest BCUT2D eigenvalue weighted by Crippen LogP contribution is -2.05. The van der Waals surface area contributed by atoms with Crippen LogP contribution in [0.3, 0.4) is 0 Å². The van der Waals surface area contributed by atoms with Gasteiger partial charge in [-0.2, -0.15) is 0 Å². The van der Waals surface area contributed by atoms with E-state index in [1.165, 1.54) is 18.2 Å². The largest absolute Gasteiger partial charge is 0.462 e. The molecule has 0 spiro atoms. The molecule has 0 heterocycles. The van der Waals surface area contributed by atoms with Crippen molar-refractivity contribution in [3.05, 3.63) is 115 Å². The summed E-state index contributed by atoms with van der Waals surface area (Å²) >= 11 is 0. The van der Waals surface area contributed by atoms with Crippen LogP contribution in [0.1, 0.15) is 11.1 Å². The molecule has 0 saturated heterocycles. The van der Waals surface area contributed by atoms with Crippen molar-refractivity contribution in [2.75, 3.05) is 6.61 Å². The number of carbonyl (C=O) groups excluding carboxylic acids is 3. The molecule has 0 unspecified atom stereocenters. The first-order valence-electron chi connectivity index (χ1n) is 10.9. The van der Waals surface area contributed by atoms with Crippen LogP contribution in [0.2, 0.25) is 0 Å². The summed E-state index contributed by atoms with van der Waals surface area (Å²) in [4.78, 5) is 34.5. The first-order valence-corrected chi connectivity index (χ1v) is 10.9. The molecule has 3 aromatic rings. The summed E-state index contributed by atoms with van der Waals surface area (Å²) in [5, 5.41) is 0. The van der Waals surface area contributed by atoms with Gasteiger partial charge in [0.15, 0.2) is 0 Å². The Balaban J connectivity index is 1.55. The van der Waals surface area contributed by atoms with Gasteiger partial charge in [0.05, 0.1) is 6.61 Å². The first-order chi connectivity index (χ1) is 17.4. The highest BCUT2D eigenvalue weighted by atomic mass is 19.1. The van der Waals surface area contributed by atoms with E-state index in [-0.39, 0.29) is 12.4 Å². The fraction of sp³-hybridized carbons (Fsp3) is 0.0690. The quantitative estimate of drug-likeness (QED) is 0.215. The molecule has 0 N–H and O–H groups in total. The standard InChI is InChI=1S/C29H23FO6/c1-3-27(31)34-18-17-21-7-12-23(13-8-21)35-29(33)16-9-20-5-10-22(11-6-20)25-15-14-24(19-26(25)30)36-28(32)4-2/h3-16,19H,1-2,17-18H2/b16-9+. The van der Waals surface area contributed by atoms with Crippen LogP contribution in [-0.4, -0.2) is 24.5 Å². The molecular formula is C29H23FO6. The molecule has 0 aromatic heterocycles. The SMILES string of the molecule is C=CC(=O)OCCc1ccc(OC(=O)/C=C/c2ccc(-c3ccc(OC(=O)C=C)cc3F)cc2)cc1. The zero-order chi connectivity index (χ0) is 25.9. The van der Waals surface area contributed by atoms with Crippen LogP contribution in [0.25, 0.3) is 17.2 Å². The van der Waals surface area contributed by atoms with Crippen LogP contribution in [0.4, 0.5) is 4.39 Å². The summed E-state index contributed by atoms with van der Waals surface area (Å²) in [7, 11) is 0. The third-order valence-electron chi connectivity index (χ3n) is 4.90. The zero-order valence-electron chi connectivity index (χ0n) is 19.3.